The van der Waals surface area contributed by atoms with E-state index in [0.717, 1.165) is 0 Å². The molecule has 0 spiro atoms. The van der Waals surface area contributed by atoms with Gasteiger partial charge in [-0.15, -0.1) is 12.8 Å². The number of hydrogen-bond acceptors (Lipinski definition) is 1. The number of nitrogens with one attached hydrogen (secondary N) is 1. The first-order valence-electron chi connectivity index (χ1n) is 10.1. The van der Waals surface area contributed by atoms with Crippen LogP contribution in [0.1, 0.15) is 59.6 Å². The van der Waals surface area contributed by atoms with Crippen molar-refractivity contribution >= 4 is 22.9 Å². The Balaban J connectivity index is 0. The Morgan fingerprint density at radius 2 is 1.45 bits per heavy atom. The van der Waals surface area contributed by atoms with Crippen molar-refractivity contribution < 1.29 is 13.2 Å². The second-order valence-electron chi connectivity index (χ2n) is 5.82. The Kier molecular flexibility index (Phi) is 15.9. The molecule has 0 aliphatic heterocycles. The number of hydrogen-bond donors (Lipinski definition) is 1. The van der Waals surface area contributed by atoms with Crippen molar-refractivity contribution in [2.24, 2.45) is 0 Å². The van der Waals surface area contributed by atoms with E-state index in [1.165, 1.54) is 30.3 Å². The topological polar surface area (TPSA) is 12.0 Å². The van der Waals surface area contributed by atoms with Gasteiger partial charge in [-0.1, -0.05) is 52.8 Å². The maximum Gasteiger partial charge on any atom is 0.149 e. The second-order valence-corrected chi connectivity index (χ2v) is 6.22. The summed E-state index contributed by atoms with van der Waals surface area (Å²) in [4.78, 5) is 0. The molecular weight excluding hydrogens is 419 g/mol. The van der Waals surface area contributed by atoms with Crippen LogP contribution in [0, 0.1) is 30.3 Å². The molecule has 2 aromatic rings. The van der Waals surface area contributed by atoms with Gasteiger partial charge in [-0.2, -0.15) is 0 Å². The van der Waals surface area contributed by atoms with Crippen LogP contribution in [0.3, 0.4) is 0 Å². The molecule has 1 nitrogen and oxygen atoms in total. The normalized spacial score (nSPS) is 10.1. The molecular formula is C26H33ClF3N. The summed E-state index contributed by atoms with van der Waals surface area (Å²) >= 11 is 6.13. The van der Waals surface area contributed by atoms with Crippen LogP contribution < -0.4 is 5.32 Å². The van der Waals surface area contributed by atoms with E-state index >= 15 is 0 Å². The molecule has 0 atom stereocenters. The lowest BCUT2D eigenvalue weighted by Gasteiger charge is -2.17. The molecule has 0 bridgehead atoms. The summed E-state index contributed by atoms with van der Waals surface area (Å²) in [7, 11) is 0. The van der Waals surface area contributed by atoms with E-state index in [0.29, 0.717) is 34.4 Å². The first-order chi connectivity index (χ1) is 14.7. The summed E-state index contributed by atoms with van der Waals surface area (Å²) in [5.74, 6) is -1.82. The maximum absolute atomic E-state index is 14.2. The molecule has 0 amide bonds. The minimum atomic E-state index is -0.678. The van der Waals surface area contributed by atoms with E-state index in [9.17, 15) is 13.2 Å². The van der Waals surface area contributed by atoms with Crippen molar-refractivity contribution in [1.29, 1.82) is 0 Å². The first-order valence-corrected chi connectivity index (χ1v) is 10.5. The smallest absolute Gasteiger partial charge is 0.149 e. The van der Waals surface area contributed by atoms with Crippen molar-refractivity contribution in [1.82, 2.24) is 0 Å². The fraction of sp³-hybridized carbons (Fsp3) is 0.308. The van der Waals surface area contributed by atoms with Gasteiger partial charge in [0.25, 0.3) is 0 Å². The van der Waals surface area contributed by atoms with E-state index in [2.05, 4.69) is 24.7 Å². The molecule has 0 aliphatic rings. The first kappa shape index (κ1) is 30.6. The van der Waals surface area contributed by atoms with Crippen LogP contribution in [0.5, 0.6) is 0 Å². The SMILES string of the molecule is C#C.C=C(C)/C(=C(\C)Nc1c(F)cc(CC)cc1F)c1ccc(F)cc1Cl.CC.CC. The largest absolute Gasteiger partial charge is 0.354 e. The number of benzene rings is 2. The lowest BCUT2D eigenvalue weighted by Crippen LogP contribution is -2.06. The number of aryl methyl sites for hydroxylation is 1. The quantitative estimate of drug-likeness (QED) is 0.353. The highest BCUT2D eigenvalue weighted by Crippen LogP contribution is 2.33. The highest BCUT2D eigenvalue weighted by molar-refractivity contribution is 6.32. The summed E-state index contributed by atoms with van der Waals surface area (Å²) < 4.78 is 41.8. The zero-order valence-electron chi connectivity index (χ0n) is 19.5. The van der Waals surface area contributed by atoms with E-state index in [-0.39, 0.29) is 10.7 Å². The van der Waals surface area contributed by atoms with E-state index in [1.54, 1.807) is 13.8 Å². The zero-order valence-corrected chi connectivity index (χ0v) is 20.2. The van der Waals surface area contributed by atoms with Gasteiger partial charge in [-0.3, -0.25) is 0 Å². The van der Waals surface area contributed by atoms with E-state index < -0.39 is 17.5 Å². The van der Waals surface area contributed by atoms with Crippen molar-refractivity contribution in [3.05, 3.63) is 81.8 Å². The molecule has 2 rings (SSSR count). The third kappa shape index (κ3) is 8.94. The highest BCUT2D eigenvalue weighted by Gasteiger charge is 2.16. The summed E-state index contributed by atoms with van der Waals surface area (Å²) in [5, 5.41) is 2.96. The monoisotopic (exact) mass is 451 g/mol. The molecule has 0 fully saturated rings. The van der Waals surface area contributed by atoms with Crippen molar-refractivity contribution in [2.45, 2.75) is 54.9 Å². The molecule has 31 heavy (non-hydrogen) atoms. The molecule has 0 saturated heterocycles. The minimum absolute atomic E-state index is 0.196. The van der Waals surface area contributed by atoms with Gasteiger partial charge in [-0.25, -0.2) is 13.2 Å². The Hall–Kier alpha value is -2.64. The van der Waals surface area contributed by atoms with Crippen molar-refractivity contribution in [3.63, 3.8) is 0 Å². The lowest BCUT2D eigenvalue weighted by molar-refractivity contribution is 0.586. The van der Waals surface area contributed by atoms with Crippen LogP contribution in [-0.2, 0) is 6.42 Å². The van der Waals surface area contributed by atoms with Gasteiger partial charge in [0.15, 0.2) is 0 Å². The predicted molar refractivity (Wildman–Crippen MR) is 131 cm³/mol. The summed E-state index contributed by atoms with van der Waals surface area (Å²) in [5.41, 5.74) is 2.53. The molecule has 0 aliphatic carbocycles. The molecule has 170 valence electrons. The number of allylic oxidation sites excluding steroid dienone is 3. The molecule has 1 N–H and O–H groups in total. The highest BCUT2D eigenvalue weighted by atomic mass is 35.5. The van der Waals surface area contributed by atoms with Crippen LogP contribution >= 0.6 is 11.6 Å². The lowest BCUT2D eigenvalue weighted by atomic mass is 9.97. The molecule has 0 saturated carbocycles. The number of anilines is 1. The fourth-order valence-electron chi connectivity index (χ4n) is 2.64. The van der Waals surface area contributed by atoms with Crippen LogP contribution in [-0.4, -0.2) is 0 Å². The molecule has 0 aromatic heterocycles. The molecule has 0 unspecified atom stereocenters. The Bertz CT molecular complexity index is 876. The van der Waals surface area contributed by atoms with Crippen molar-refractivity contribution in [3.8, 4) is 12.8 Å². The summed E-state index contributed by atoms with van der Waals surface area (Å²) in [6, 6.07) is 6.56. The van der Waals surface area contributed by atoms with E-state index in [1.807, 2.05) is 34.6 Å². The van der Waals surface area contributed by atoms with Crippen LogP contribution in [0.2, 0.25) is 5.02 Å². The average Bonchev–Trinajstić information content (AvgIpc) is 2.76. The van der Waals surface area contributed by atoms with Crippen molar-refractivity contribution in [2.75, 3.05) is 5.32 Å². The van der Waals surface area contributed by atoms with Gasteiger partial charge < -0.3 is 5.32 Å². The van der Waals surface area contributed by atoms with Gasteiger partial charge in [-0.05, 0) is 61.7 Å². The van der Waals surface area contributed by atoms with Gasteiger partial charge in [0.2, 0.25) is 0 Å². The molecule has 0 heterocycles. The second kappa shape index (κ2) is 16.1. The van der Waals surface area contributed by atoms with Gasteiger partial charge in [0.05, 0.1) is 5.02 Å². The van der Waals surface area contributed by atoms with Crippen LogP contribution in [0.15, 0.2) is 48.2 Å². The third-order valence-corrected chi connectivity index (χ3v) is 4.14. The summed E-state index contributed by atoms with van der Waals surface area (Å²) in [6.45, 7) is 17.1. The Morgan fingerprint density at radius 3 is 1.84 bits per heavy atom. The van der Waals surface area contributed by atoms with Crippen LogP contribution in [0.4, 0.5) is 18.9 Å². The minimum Gasteiger partial charge on any atom is -0.354 e. The Labute approximate surface area is 191 Å². The molecule has 0 radical (unpaired) electrons. The fourth-order valence-corrected chi connectivity index (χ4v) is 2.91. The summed E-state index contributed by atoms with van der Waals surface area (Å²) in [6.07, 6.45) is 8.53. The van der Waals surface area contributed by atoms with Gasteiger partial charge in [0, 0.05) is 16.8 Å². The van der Waals surface area contributed by atoms with Gasteiger partial charge >= 0.3 is 0 Å². The third-order valence-electron chi connectivity index (χ3n) is 3.82. The van der Waals surface area contributed by atoms with Crippen LogP contribution in [0.25, 0.3) is 5.57 Å². The van der Waals surface area contributed by atoms with E-state index in [4.69, 9.17) is 11.6 Å². The maximum atomic E-state index is 14.2. The molecule has 2 aromatic carbocycles. The zero-order chi connectivity index (χ0) is 24.7. The van der Waals surface area contributed by atoms with Gasteiger partial charge in [0.1, 0.15) is 23.1 Å². The standard InChI is InChI=1S/C20H19ClF3N.2C2H6.C2H2/c1-5-13-8-17(23)20(18(24)9-13)25-12(4)19(11(2)3)15-7-6-14(22)10-16(15)21;3*1-2/h6-10,25H,2,5H2,1,3-4H3;2*1-2H3;1-2H/b19-12-;;;. The predicted octanol–water partition coefficient (Wildman–Crippen LogP) is 9.04. The number of terminal acetylenes is 1. The average molecular weight is 452 g/mol. The number of halogens is 4. The molecule has 5 heteroatoms. The number of rotatable bonds is 5. The Morgan fingerprint density at radius 1 is 0.968 bits per heavy atom.